The first kappa shape index (κ1) is 13.4. The highest BCUT2D eigenvalue weighted by atomic mass is 32.1. The fourth-order valence-electron chi connectivity index (χ4n) is 1.69. The summed E-state index contributed by atoms with van der Waals surface area (Å²) in [6, 6.07) is 3.49. The first-order chi connectivity index (χ1) is 8.97. The SMILES string of the molecule is Cc1cc(CNc2ncc(N)cc2C(=O)O)sc1C. The fourth-order valence-corrected chi connectivity index (χ4v) is 2.69. The zero-order valence-electron chi connectivity index (χ0n) is 10.7. The van der Waals surface area contributed by atoms with Crippen LogP contribution in [0.4, 0.5) is 11.5 Å². The van der Waals surface area contributed by atoms with Crippen molar-refractivity contribution in [3.05, 3.63) is 39.2 Å². The van der Waals surface area contributed by atoms with Crippen molar-refractivity contribution in [3.63, 3.8) is 0 Å². The van der Waals surface area contributed by atoms with Crippen molar-refractivity contribution in [2.45, 2.75) is 20.4 Å². The van der Waals surface area contributed by atoms with Gasteiger partial charge in [0.2, 0.25) is 0 Å². The van der Waals surface area contributed by atoms with Gasteiger partial charge in [-0.3, -0.25) is 0 Å². The number of nitrogens with zero attached hydrogens (tertiary/aromatic N) is 1. The summed E-state index contributed by atoms with van der Waals surface area (Å²) in [6.07, 6.45) is 1.44. The zero-order valence-corrected chi connectivity index (χ0v) is 11.5. The standard InChI is InChI=1S/C13H15N3O2S/c1-7-3-10(19-8(7)2)6-16-12-11(13(17)18)4-9(14)5-15-12/h3-5H,6,14H2,1-2H3,(H,15,16)(H,17,18). The second-order valence-electron chi connectivity index (χ2n) is 4.28. The minimum Gasteiger partial charge on any atom is -0.478 e. The molecule has 5 nitrogen and oxygen atoms in total. The lowest BCUT2D eigenvalue weighted by molar-refractivity contribution is 0.0697. The van der Waals surface area contributed by atoms with Gasteiger partial charge < -0.3 is 16.2 Å². The highest BCUT2D eigenvalue weighted by Gasteiger charge is 2.12. The van der Waals surface area contributed by atoms with Gasteiger partial charge in [0.15, 0.2) is 0 Å². The lowest BCUT2D eigenvalue weighted by Gasteiger charge is -2.08. The molecule has 0 saturated carbocycles. The number of thiophene rings is 1. The maximum absolute atomic E-state index is 11.1. The number of aromatic nitrogens is 1. The van der Waals surface area contributed by atoms with Crippen LogP contribution in [0, 0.1) is 13.8 Å². The Morgan fingerprint density at radius 2 is 2.21 bits per heavy atom. The monoisotopic (exact) mass is 277 g/mol. The molecule has 0 spiro atoms. The van der Waals surface area contributed by atoms with Gasteiger partial charge in [-0.1, -0.05) is 0 Å². The van der Waals surface area contributed by atoms with Crippen molar-refractivity contribution in [1.29, 1.82) is 0 Å². The first-order valence-corrected chi connectivity index (χ1v) is 6.57. The highest BCUT2D eigenvalue weighted by molar-refractivity contribution is 7.12. The van der Waals surface area contributed by atoms with Crippen LogP contribution in [0.1, 0.15) is 25.7 Å². The number of pyridine rings is 1. The van der Waals surface area contributed by atoms with E-state index in [4.69, 9.17) is 10.8 Å². The fraction of sp³-hybridized carbons (Fsp3) is 0.231. The van der Waals surface area contributed by atoms with Crippen LogP contribution < -0.4 is 11.1 Å². The third-order valence-electron chi connectivity index (χ3n) is 2.79. The van der Waals surface area contributed by atoms with Gasteiger partial charge in [0, 0.05) is 9.75 Å². The number of hydrogen-bond donors (Lipinski definition) is 3. The minimum absolute atomic E-state index is 0.0880. The summed E-state index contributed by atoms with van der Waals surface area (Å²) in [7, 11) is 0. The van der Waals surface area contributed by atoms with Gasteiger partial charge in [-0.25, -0.2) is 9.78 Å². The van der Waals surface area contributed by atoms with Crippen LogP contribution in [0.2, 0.25) is 0 Å². The molecule has 2 rings (SSSR count). The number of nitrogen functional groups attached to an aromatic ring is 1. The summed E-state index contributed by atoms with van der Waals surface area (Å²) in [5, 5.41) is 12.1. The Bertz CT molecular complexity index is 603. The van der Waals surface area contributed by atoms with Gasteiger partial charge in [0.1, 0.15) is 11.4 Å². The van der Waals surface area contributed by atoms with Crippen LogP contribution in [0.5, 0.6) is 0 Å². The molecule has 19 heavy (non-hydrogen) atoms. The number of anilines is 2. The van der Waals surface area contributed by atoms with Crippen LogP contribution in [0.25, 0.3) is 0 Å². The number of carboxylic acids is 1. The van der Waals surface area contributed by atoms with E-state index in [9.17, 15) is 4.79 Å². The zero-order chi connectivity index (χ0) is 14.0. The average Bonchev–Trinajstić information content (AvgIpc) is 2.67. The van der Waals surface area contributed by atoms with Crippen LogP contribution in [0.15, 0.2) is 18.3 Å². The quantitative estimate of drug-likeness (QED) is 0.799. The van der Waals surface area contributed by atoms with Crippen molar-refractivity contribution in [2.75, 3.05) is 11.1 Å². The van der Waals surface area contributed by atoms with Crippen LogP contribution in [-0.2, 0) is 6.54 Å². The Balaban J connectivity index is 2.17. The molecule has 6 heteroatoms. The van der Waals surface area contributed by atoms with Crippen molar-refractivity contribution < 1.29 is 9.90 Å². The van der Waals surface area contributed by atoms with Gasteiger partial charge in [0.25, 0.3) is 0 Å². The molecule has 0 bridgehead atoms. The van der Waals surface area contributed by atoms with E-state index in [2.05, 4.69) is 30.2 Å². The molecule has 0 unspecified atom stereocenters. The van der Waals surface area contributed by atoms with Crippen molar-refractivity contribution in [3.8, 4) is 0 Å². The van der Waals surface area contributed by atoms with Crippen molar-refractivity contribution in [1.82, 2.24) is 4.98 Å². The number of rotatable bonds is 4. The second kappa shape index (κ2) is 5.27. The second-order valence-corrected chi connectivity index (χ2v) is 5.62. The maximum atomic E-state index is 11.1. The van der Waals surface area contributed by atoms with Gasteiger partial charge in [-0.15, -0.1) is 11.3 Å². The normalized spacial score (nSPS) is 10.4. The van der Waals surface area contributed by atoms with E-state index in [0.717, 1.165) is 4.88 Å². The number of nitrogens with two attached hydrogens (primary N) is 1. The van der Waals surface area contributed by atoms with Gasteiger partial charge in [-0.05, 0) is 31.5 Å². The molecule has 4 N–H and O–H groups in total. The Morgan fingerprint density at radius 1 is 1.47 bits per heavy atom. The lowest BCUT2D eigenvalue weighted by Crippen LogP contribution is -2.08. The third kappa shape index (κ3) is 3.03. The largest absolute Gasteiger partial charge is 0.478 e. The molecule has 0 aromatic carbocycles. The molecule has 0 radical (unpaired) electrons. The predicted octanol–water partition coefficient (Wildman–Crippen LogP) is 2.65. The smallest absolute Gasteiger partial charge is 0.339 e. The number of nitrogens with one attached hydrogen (secondary N) is 1. The van der Waals surface area contributed by atoms with Crippen LogP contribution in [0.3, 0.4) is 0 Å². The number of aryl methyl sites for hydroxylation is 2. The molecule has 2 aromatic heterocycles. The van der Waals surface area contributed by atoms with E-state index in [0.29, 0.717) is 18.1 Å². The third-order valence-corrected chi connectivity index (χ3v) is 3.94. The average molecular weight is 277 g/mol. The van der Waals surface area contributed by atoms with E-state index < -0.39 is 5.97 Å². The van der Waals surface area contributed by atoms with Crippen LogP contribution in [-0.4, -0.2) is 16.1 Å². The highest BCUT2D eigenvalue weighted by Crippen LogP contribution is 2.22. The molecule has 100 valence electrons. The minimum atomic E-state index is -1.04. The van der Waals surface area contributed by atoms with Gasteiger partial charge in [-0.2, -0.15) is 0 Å². The topological polar surface area (TPSA) is 88.2 Å². The molecule has 2 aromatic rings. The Labute approximate surface area is 115 Å². The summed E-state index contributed by atoms with van der Waals surface area (Å²) >= 11 is 1.69. The molecule has 0 aliphatic carbocycles. The summed E-state index contributed by atoms with van der Waals surface area (Å²) in [5.41, 5.74) is 7.21. The number of carboxylic acid groups (broad SMARTS) is 1. The first-order valence-electron chi connectivity index (χ1n) is 5.76. The summed E-state index contributed by atoms with van der Waals surface area (Å²) in [5.74, 6) is -0.703. The molecule has 0 saturated heterocycles. The molecule has 0 amide bonds. The van der Waals surface area contributed by atoms with E-state index in [1.807, 2.05) is 0 Å². The summed E-state index contributed by atoms with van der Waals surface area (Å²) in [4.78, 5) is 17.5. The molecule has 0 fully saturated rings. The van der Waals surface area contributed by atoms with E-state index in [-0.39, 0.29) is 5.56 Å². The van der Waals surface area contributed by atoms with Crippen molar-refractivity contribution in [2.24, 2.45) is 0 Å². The van der Waals surface area contributed by atoms with E-state index in [1.54, 1.807) is 11.3 Å². The molecule has 2 heterocycles. The molecule has 0 aliphatic rings. The Hall–Kier alpha value is -2.08. The number of carbonyl (C=O) groups is 1. The maximum Gasteiger partial charge on any atom is 0.339 e. The van der Waals surface area contributed by atoms with Gasteiger partial charge >= 0.3 is 5.97 Å². The van der Waals surface area contributed by atoms with Gasteiger partial charge in [0.05, 0.1) is 18.4 Å². The molecule has 0 aliphatic heterocycles. The molecule has 0 atom stereocenters. The Kier molecular flexibility index (Phi) is 3.71. The summed E-state index contributed by atoms with van der Waals surface area (Å²) < 4.78 is 0. The number of aromatic carboxylic acids is 1. The van der Waals surface area contributed by atoms with Crippen molar-refractivity contribution >= 4 is 28.8 Å². The molecular formula is C13H15N3O2S. The summed E-state index contributed by atoms with van der Waals surface area (Å²) in [6.45, 7) is 4.67. The Morgan fingerprint density at radius 3 is 2.79 bits per heavy atom. The predicted molar refractivity (Wildman–Crippen MR) is 76.7 cm³/mol. The number of hydrogen-bond acceptors (Lipinski definition) is 5. The molecular weight excluding hydrogens is 262 g/mol. The van der Waals surface area contributed by atoms with Crippen LogP contribution >= 0.6 is 11.3 Å². The lowest BCUT2D eigenvalue weighted by atomic mass is 10.2. The van der Waals surface area contributed by atoms with E-state index >= 15 is 0 Å². The van der Waals surface area contributed by atoms with E-state index in [1.165, 1.54) is 22.7 Å².